The highest BCUT2D eigenvalue weighted by Crippen LogP contribution is 2.15. The van der Waals surface area contributed by atoms with Crippen LogP contribution in [0.5, 0.6) is 0 Å². The molecule has 1 fully saturated rings. The standard InChI is InChI=1S/C11H23NO3S/c1-11(2,16(3,13)14)9-12-10-5-4-7-15-8-6-10/h10,12H,4-9H2,1-3H3. The maximum atomic E-state index is 11.5. The van der Waals surface area contributed by atoms with E-state index in [1.165, 1.54) is 6.26 Å². The summed E-state index contributed by atoms with van der Waals surface area (Å²) >= 11 is 0. The van der Waals surface area contributed by atoms with Crippen LogP contribution in [-0.2, 0) is 14.6 Å². The van der Waals surface area contributed by atoms with Crippen molar-refractivity contribution in [2.24, 2.45) is 0 Å². The summed E-state index contributed by atoms with van der Waals surface area (Å²) < 4.78 is 27.7. The third kappa shape index (κ3) is 4.03. The van der Waals surface area contributed by atoms with E-state index in [0.717, 1.165) is 32.5 Å². The molecular weight excluding hydrogens is 226 g/mol. The number of hydrogen-bond acceptors (Lipinski definition) is 4. The molecule has 5 heteroatoms. The summed E-state index contributed by atoms with van der Waals surface area (Å²) in [5.74, 6) is 0. The lowest BCUT2D eigenvalue weighted by atomic mass is 10.1. The first kappa shape index (κ1) is 13.9. The normalized spacial score (nSPS) is 24.1. The Morgan fingerprint density at radius 3 is 2.62 bits per heavy atom. The SMILES string of the molecule is CC(C)(CNC1CCCOCC1)S(C)(=O)=O. The first-order chi connectivity index (χ1) is 7.33. The molecular formula is C11H23NO3S. The van der Waals surface area contributed by atoms with E-state index in [1.807, 2.05) is 0 Å². The zero-order valence-corrected chi connectivity index (χ0v) is 11.3. The summed E-state index contributed by atoms with van der Waals surface area (Å²) in [5, 5.41) is 3.35. The quantitative estimate of drug-likeness (QED) is 0.806. The second kappa shape index (κ2) is 5.47. The van der Waals surface area contributed by atoms with E-state index >= 15 is 0 Å². The summed E-state index contributed by atoms with van der Waals surface area (Å²) in [6.07, 6.45) is 4.39. The molecule has 16 heavy (non-hydrogen) atoms. The van der Waals surface area contributed by atoms with Crippen LogP contribution in [0.2, 0.25) is 0 Å². The van der Waals surface area contributed by atoms with E-state index < -0.39 is 14.6 Å². The minimum absolute atomic E-state index is 0.392. The minimum Gasteiger partial charge on any atom is -0.381 e. The van der Waals surface area contributed by atoms with Gasteiger partial charge in [0, 0.05) is 32.1 Å². The number of sulfone groups is 1. The highest BCUT2D eigenvalue weighted by atomic mass is 32.2. The smallest absolute Gasteiger partial charge is 0.153 e. The van der Waals surface area contributed by atoms with Crippen LogP contribution in [0, 0.1) is 0 Å². The van der Waals surface area contributed by atoms with Crippen molar-refractivity contribution >= 4 is 9.84 Å². The van der Waals surface area contributed by atoms with Crippen LogP contribution in [-0.4, -0.2) is 45.2 Å². The molecule has 0 aromatic rings. The van der Waals surface area contributed by atoms with Crippen LogP contribution in [0.25, 0.3) is 0 Å². The predicted molar refractivity (Wildman–Crippen MR) is 65.4 cm³/mol. The summed E-state index contributed by atoms with van der Waals surface area (Å²) in [4.78, 5) is 0. The molecule has 1 atom stereocenters. The van der Waals surface area contributed by atoms with Crippen molar-refractivity contribution in [1.82, 2.24) is 5.32 Å². The summed E-state index contributed by atoms with van der Waals surface area (Å²) in [6.45, 7) is 5.65. The first-order valence-corrected chi connectivity index (χ1v) is 7.73. The van der Waals surface area contributed by atoms with Crippen LogP contribution in [0.15, 0.2) is 0 Å². The second-order valence-electron chi connectivity index (χ2n) is 5.15. The zero-order valence-electron chi connectivity index (χ0n) is 10.5. The Bertz CT molecular complexity index is 303. The topological polar surface area (TPSA) is 55.4 Å². The van der Waals surface area contributed by atoms with Crippen LogP contribution in [0.4, 0.5) is 0 Å². The first-order valence-electron chi connectivity index (χ1n) is 5.84. The fourth-order valence-corrected chi connectivity index (χ4v) is 1.97. The Morgan fingerprint density at radius 2 is 2.00 bits per heavy atom. The van der Waals surface area contributed by atoms with Gasteiger partial charge in [-0.05, 0) is 33.1 Å². The van der Waals surface area contributed by atoms with Crippen molar-refractivity contribution < 1.29 is 13.2 Å². The fraction of sp³-hybridized carbons (Fsp3) is 1.00. The molecule has 1 N–H and O–H groups in total. The van der Waals surface area contributed by atoms with Gasteiger partial charge in [0.2, 0.25) is 0 Å². The van der Waals surface area contributed by atoms with Crippen LogP contribution in [0.3, 0.4) is 0 Å². The van der Waals surface area contributed by atoms with Gasteiger partial charge in [0.25, 0.3) is 0 Å². The molecule has 1 aliphatic heterocycles. The molecule has 0 radical (unpaired) electrons. The molecule has 4 nitrogen and oxygen atoms in total. The molecule has 1 heterocycles. The average molecular weight is 249 g/mol. The van der Waals surface area contributed by atoms with Gasteiger partial charge in [-0.25, -0.2) is 8.42 Å². The van der Waals surface area contributed by atoms with Gasteiger partial charge in [0.1, 0.15) is 0 Å². The number of ether oxygens (including phenoxy) is 1. The molecule has 0 aliphatic carbocycles. The second-order valence-corrected chi connectivity index (χ2v) is 7.80. The van der Waals surface area contributed by atoms with Gasteiger partial charge in [-0.1, -0.05) is 0 Å². The monoisotopic (exact) mass is 249 g/mol. The molecule has 0 spiro atoms. The van der Waals surface area contributed by atoms with Gasteiger partial charge in [-0.2, -0.15) is 0 Å². The molecule has 1 unspecified atom stereocenters. The van der Waals surface area contributed by atoms with Crippen molar-refractivity contribution in [3.05, 3.63) is 0 Å². The largest absolute Gasteiger partial charge is 0.381 e. The Morgan fingerprint density at radius 1 is 1.31 bits per heavy atom. The third-order valence-electron chi connectivity index (χ3n) is 3.27. The molecule has 0 amide bonds. The van der Waals surface area contributed by atoms with E-state index in [9.17, 15) is 8.42 Å². The summed E-state index contributed by atoms with van der Waals surface area (Å²) in [7, 11) is -3.01. The number of rotatable bonds is 4. The molecule has 1 rings (SSSR count). The van der Waals surface area contributed by atoms with Gasteiger partial charge in [-0.15, -0.1) is 0 Å². The number of hydrogen-bond donors (Lipinski definition) is 1. The van der Waals surface area contributed by atoms with Gasteiger partial charge in [-0.3, -0.25) is 0 Å². The van der Waals surface area contributed by atoms with Crippen molar-refractivity contribution in [3.8, 4) is 0 Å². The predicted octanol–water partition coefficient (Wildman–Crippen LogP) is 0.968. The Balaban J connectivity index is 2.44. The van der Waals surface area contributed by atoms with Crippen molar-refractivity contribution in [2.45, 2.75) is 43.9 Å². The van der Waals surface area contributed by atoms with Crippen molar-refractivity contribution in [3.63, 3.8) is 0 Å². The highest BCUT2D eigenvalue weighted by Gasteiger charge is 2.30. The summed E-state index contributed by atoms with van der Waals surface area (Å²) in [5.41, 5.74) is 0. The molecule has 0 aromatic carbocycles. The zero-order chi connectivity index (χ0) is 12.2. The van der Waals surface area contributed by atoms with Crippen molar-refractivity contribution in [2.75, 3.05) is 26.0 Å². The van der Waals surface area contributed by atoms with Gasteiger partial charge in [0.05, 0.1) is 4.75 Å². The van der Waals surface area contributed by atoms with Gasteiger partial charge < -0.3 is 10.1 Å². The van der Waals surface area contributed by atoms with E-state index in [0.29, 0.717) is 12.6 Å². The minimum atomic E-state index is -3.01. The van der Waals surface area contributed by atoms with Gasteiger partial charge >= 0.3 is 0 Å². The van der Waals surface area contributed by atoms with E-state index in [1.54, 1.807) is 13.8 Å². The molecule has 0 bridgehead atoms. The van der Waals surface area contributed by atoms with Crippen LogP contribution < -0.4 is 5.32 Å². The lowest BCUT2D eigenvalue weighted by molar-refractivity contribution is 0.142. The van der Waals surface area contributed by atoms with Crippen LogP contribution >= 0.6 is 0 Å². The van der Waals surface area contributed by atoms with E-state index in [4.69, 9.17) is 4.74 Å². The van der Waals surface area contributed by atoms with Crippen LogP contribution in [0.1, 0.15) is 33.1 Å². The van der Waals surface area contributed by atoms with E-state index in [2.05, 4.69) is 5.32 Å². The Labute approximate surface area is 98.7 Å². The molecule has 1 aliphatic rings. The Hall–Kier alpha value is -0.130. The lowest BCUT2D eigenvalue weighted by Crippen LogP contribution is -2.45. The Kier molecular flexibility index (Phi) is 4.76. The molecule has 1 saturated heterocycles. The number of nitrogens with one attached hydrogen (secondary N) is 1. The van der Waals surface area contributed by atoms with E-state index in [-0.39, 0.29) is 0 Å². The maximum absolute atomic E-state index is 11.5. The lowest BCUT2D eigenvalue weighted by Gasteiger charge is -2.26. The average Bonchev–Trinajstić information content (AvgIpc) is 2.41. The van der Waals surface area contributed by atoms with Gasteiger partial charge in [0.15, 0.2) is 9.84 Å². The molecule has 0 saturated carbocycles. The summed E-state index contributed by atoms with van der Waals surface area (Å²) in [6, 6.07) is 0.392. The van der Waals surface area contributed by atoms with Crippen molar-refractivity contribution in [1.29, 1.82) is 0 Å². The molecule has 96 valence electrons. The third-order valence-corrected chi connectivity index (χ3v) is 5.42. The molecule has 0 aromatic heterocycles. The fourth-order valence-electron chi connectivity index (χ4n) is 1.63. The highest BCUT2D eigenvalue weighted by molar-refractivity contribution is 7.92. The maximum Gasteiger partial charge on any atom is 0.153 e.